The molecule has 0 amide bonds. The summed E-state index contributed by atoms with van der Waals surface area (Å²) in [5, 5.41) is 9.83. The molecule has 0 radical (unpaired) electrons. The van der Waals surface area contributed by atoms with Gasteiger partial charge in [-0.05, 0) is 24.1 Å². The van der Waals surface area contributed by atoms with Gasteiger partial charge in [0.05, 0.1) is 6.10 Å². The lowest BCUT2D eigenvalue weighted by atomic mass is 10.1. The molecule has 0 aliphatic carbocycles. The number of halogens is 1. The van der Waals surface area contributed by atoms with Crippen LogP contribution < -0.4 is 9.47 Å². The van der Waals surface area contributed by atoms with E-state index in [-0.39, 0.29) is 6.79 Å². The fourth-order valence-electron chi connectivity index (χ4n) is 1.47. The largest absolute Gasteiger partial charge is 0.454 e. The predicted molar refractivity (Wildman–Crippen MR) is 60.0 cm³/mol. The molecular weight excluding hydrogens is 260 g/mol. The van der Waals surface area contributed by atoms with Crippen LogP contribution in [0.2, 0.25) is 0 Å². The number of benzene rings is 1. The van der Waals surface area contributed by atoms with Gasteiger partial charge in [-0.15, -0.1) is 6.58 Å². The highest BCUT2D eigenvalue weighted by molar-refractivity contribution is 9.10. The number of hydrogen-bond donors (Lipinski definition) is 1. The molecule has 0 saturated carbocycles. The van der Waals surface area contributed by atoms with Crippen LogP contribution in [0, 0.1) is 0 Å². The zero-order chi connectivity index (χ0) is 10.8. The fraction of sp³-hybridized carbons (Fsp3) is 0.273. The number of aliphatic hydroxyl groups is 1. The van der Waals surface area contributed by atoms with Crippen LogP contribution in [0.5, 0.6) is 11.5 Å². The molecule has 0 saturated heterocycles. The number of hydrogen-bond acceptors (Lipinski definition) is 3. The summed E-state index contributed by atoms with van der Waals surface area (Å²) in [6.07, 6.45) is 1.63. The lowest BCUT2D eigenvalue weighted by Gasteiger charge is -2.11. The van der Waals surface area contributed by atoms with Crippen molar-refractivity contribution in [2.75, 3.05) is 6.79 Å². The van der Waals surface area contributed by atoms with Gasteiger partial charge in [0.25, 0.3) is 0 Å². The summed E-state index contributed by atoms with van der Waals surface area (Å²) in [6.45, 7) is 3.84. The van der Waals surface area contributed by atoms with Gasteiger partial charge in [0, 0.05) is 4.47 Å². The summed E-state index contributed by atoms with van der Waals surface area (Å²) in [7, 11) is 0. The van der Waals surface area contributed by atoms with Gasteiger partial charge in [-0.2, -0.15) is 0 Å². The third-order valence-corrected chi connectivity index (χ3v) is 2.93. The van der Waals surface area contributed by atoms with Gasteiger partial charge < -0.3 is 14.6 Å². The van der Waals surface area contributed by atoms with Crippen LogP contribution in [-0.4, -0.2) is 11.9 Å². The molecular formula is C11H11BrO3. The summed E-state index contributed by atoms with van der Waals surface area (Å²) in [5.41, 5.74) is 0.791. The lowest BCUT2D eigenvalue weighted by molar-refractivity contribution is 0.172. The predicted octanol–water partition coefficient (Wildman–Crippen LogP) is 2.79. The average molecular weight is 271 g/mol. The maximum atomic E-state index is 9.83. The van der Waals surface area contributed by atoms with Gasteiger partial charge in [0.15, 0.2) is 11.5 Å². The van der Waals surface area contributed by atoms with Crippen molar-refractivity contribution in [1.29, 1.82) is 0 Å². The highest BCUT2D eigenvalue weighted by atomic mass is 79.9. The highest BCUT2D eigenvalue weighted by Crippen LogP contribution is 2.39. The molecule has 2 rings (SSSR count). The number of aliphatic hydroxyl groups excluding tert-OH is 1. The van der Waals surface area contributed by atoms with Gasteiger partial charge in [0.1, 0.15) is 0 Å². The fourth-order valence-corrected chi connectivity index (χ4v) is 2.06. The number of ether oxygens (including phenoxy) is 2. The molecule has 0 bridgehead atoms. The number of fused-ring (bicyclic) bond motifs is 1. The van der Waals surface area contributed by atoms with E-state index >= 15 is 0 Å². The lowest BCUT2D eigenvalue weighted by Crippen LogP contribution is -1.97. The first-order valence-corrected chi connectivity index (χ1v) is 5.39. The van der Waals surface area contributed by atoms with Crippen molar-refractivity contribution in [1.82, 2.24) is 0 Å². The van der Waals surface area contributed by atoms with Crippen LogP contribution in [0.25, 0.3) is 0 Å². The van der Waals surface area contributed by atoms with Crippen LogP contribution in [0.1, 0.15) is 18.1 Å². The van der Waals surface area contributed by atoms with Gasteiger partial charge in [-0.1, -0.05) is 22.0 Å². The second-order valence-corrected chi connectivity index (χ2v) is 4.12. The molecule has 1 aliphatic heterocycles. The van der Waals surface area contributed by atoms with Gasteiger partial charge in [-0.25, -0.2) is 0 Å². The molecule has 0 aromatic heterocycles. The Bertz CT molecular complexity index is 390. The molecule has 1 aliphatic rings. The number of rotatable bonds is 3. The van der Waals surface area contributed by atoms with E-state index in [0.717, 1.165) is 10.0 Å². The minimum absolute atomic E-state index is 0.239. The van der Waals surface area contributed by atoms with E-state index in [1.54, 1.807) is 12.1 Å². The van der Waals surface area contributed by atoms with Crippen molar-refractivity contribution in [2.45, 2.75) is 12.5 Å². The van der Waals surface area contributed by atoms with Crippen LogP contribution in [0.15, 0.2) is 29.3 Å². The molecule has 0 fully saturated rings. The van der Waals surface area contributed by atoms with Crippen LogP contribution in [-0.2, 0) is 0 Å². The third kappa shape index (κ3) is 2.01. The Morgan fingerprint density at radius 2 is 2.13 bits per heavy atom. The Labute approximate surface area is 96.4 Å². The summed E-state index contributed by atoms with van der Waals surface area (Å²) in [5.74, 6) is 1.38. The quantitative estimate of drug-likeness (QED) is 0.859. The summed E-state index contributed by atoms with van der Waals surface area (Å²) in [4.78, 5) is 0. The maximum absolute atomic E-state index is 9.83. The Balaban J connectivity index is 2.35. The van der Waals surface area contributed by atoms with Gasteiger partial charge in [0.2, 0.25) is 6.79 Å². The van der Waals surface area contributed by atoms with E-state index in [0.29, 0.717) is 17.9 Å². The molecule has 80 valence electrons. The first-order valence-electron chi connectivity index (χ1n) is 4.60. The second-order valence-electron chi connectivity index (χ2n) is 3.27. The van der Waals surface area contributed by atoms with Crippen molar-refractivity contribution >= 4 is 15.9 Å². The van der Waals surface area contributed by atoms with E-state index in [1.165, 1.54) is 0 Å². The average Bonchev–Trinajstić information content (AvgIpc) is 2.63. The standard InChI is InChI=1S/C11H11BrO3/c1-2-3-9(13)7-4-10-11(5-8(7)12)15-6-14-10/h2,4-5,9,13H,1,3,6H2/t9-/m0/s1. The highest BCUT2D eigenvalue weighted by Gasteiger charge is 2.19. The molecule has 1 aromatic carbocycles. The van der Waals surface area contributed by atoms with Crippen molar-refractivity contribution in [3.63, 3.8) is 0 Å². The van der Waals surface area contributed by atoms with E-state index in [1.807, 2.05) is 6.07 Å². The molecule has 0 unspecified atom stereocenters. The molecule has 0 spiro atoms. The molecule has 4 heteroatoms. The van der Waals surface area contributed by atoms with Crippen molar-refractivity contribution in [3.05, 3.63) is 34.8 Å². The third-order valence-electron chi connectivity index (χ3n) is 2.24. The smallest absolute Gasteiger partial charge is 0.231 e. The Morgan fingerprint density at radius 3 is 2.80 bits per heavy atom. The van der Waals surface area contributed by atoms with Crippen LogP contribution in [0.4, 0.5) is 0 Å². The van der Waals surface area contributed by atoms with E-state index in [9.17, 15) is 5.11 Å². The van der Waals surface area contributed by atoms with Crippen molar-refractivity contribution in [3.8, 4) is 11.5 Å². The second kappa shape index (κ2) is 4.24. The van der Waals surface area contributed by atoms with E-state index < -0.39 is 6.10 Å². The monoisotopic (exact) mass is 270 g/mol. The Hall–Kier alpha value is -1.00. The zero-order valence-electron chi connectivity index (χ0n) is 8.07. The van der Waals surface area contributed by atoms with E-state index in [4.69, 9.17) is 9.47 Å². The minimum Gasteiger partial charge on any atom is -0.454 e. The first-order chi connectivity index (χ1) is 7.22. The molecule has 15 heavy (non-hydrogen) atoms. The van der Waals surface area contributed by atoms with Crippen LogP contribution >= 0.6 is 15.9 Å². The Kier molecular flexibility index (Phi) is 2.98. The first kappa shape index (κ1) is 10.5. The van der Waals surface area contributed by atoms with E-state index in [2.05, 4.69) is 22.5 Å². The summed E-state index contributed by atoms with van der Waals surface area (Å²) in [6, 6.07) is 3.60. The van der Waals surface area contributed by atoms with Crippen LogP contribution in [0.3, 0.4) is 0 Å². The Morgan fingerprint density at radius 1 is 1.47 bits per heavy atom. The van der Waals surface area contributed by atoms with Gasteiger partial charge in [-0.3, -0.25) is 0 Å². The molecule has 1 aromatic rings. The normalized spacial score (nSPS) is 15.1. The summed E-state index contributed by atoms with van der Waals surface area (Å²) >= 11 is 3.39. The molecule has 1 heterocycles. The zero-order valence-corrected chi connectivity index (χ0v) is 9.66. The van der Waals surface area contributed by atoms with Crippen molar-refractivity contribution in [2.24, 2.45) is 0 Å². The SMILES string of the molecule is C=CC[C@H](O)c1cc2c(cc1Br)OCO2. The van der Waals surface area contributed by atoms with Gasteiger partial charge >= 0.3 is 0 Å². The topological polar surface area (TPSA) is 38.7 Å². The summed E-state index contributed by atoms with van der Waals surface area (Å²) < 4.78 is 11.3. The minimum atomic E-state index is -0.564. The van der Waals surface area contributed by atoms with Crippen molar-refractivity contribution < 1.29 is 14.6 Å². The molecule has 3 nitrogen and oxygen atoms in total. The maximum Gasteiger partial charge on any atom is 0.231 e. The molecule has 1 N–H and O–H groups in total. The molecule has 1 atom stereocenters.